The fourth-order valence-electron chi connectivity index (χ4n) is 0.927. The summed E-state index contributed by atoms with van der Waals surface area (Å²) in [7, 11) is 0. The fraction of sp³-hybridized carbons (Fsp3) is 0.900. The van der Waals surface area contributed by atoms with Crippen molar-refractivity contribution in [3.8, 4) is 0 Å². The molecule has 0 aromatic carbocycles. The van der Waals surface area contributed by atoms with Crippen LogP contribution in [0.4, 0.5) is 0 Å². The lowest BCUT2D eigenvalue weighted by molar-refractivity contribution is -0.121. The van der Waals surface area contributed by atoms with Gasteiger partial charge in [0.25, 0.3) is 0 Å². The molecular formula is C10H21NO2. The van der Waals surface area contributed by atoms with Crippen molar-refractivity contribution in [2.24, 2.45) is 0 Å². The molecule has 3 nitrogen and oxygen atoms in total. The predicted molar refractivity (Wildman–Crippen MR) is 53.6 cm³/mol. The maximum Gasteiger partial charge on any atom is 0.220 e. The third-order valence-electron chi connectivity index (χ3n) is 1.69. The molecule has 0 unspecified atom stereocenters. The standard InChI is InChI=1S/C10H21NO2/c1-3-5-8-13-9-7-11-10(12)6-4-2/h3-9H2,1-2H3,(H,11,12). The number of hydrogen-bond acceptors (Lipinski definition) is 2. The zero-order valence-electron chi connectivity index (χ0n) is 8.77. The third kappa shape index (κ3) is 9.34. The van der Waals surface area contributed by atoms with Crippen molar-refractivity contribution in [2.75, 3.05) is 19.8 Å². The molecular weight excluding hydrogens is 166 g/mol. The first kappa shape index (κ1) is 12.4. The summed E-state index contributed by atoms with van der Waals surface area (Å²) in [5, 5.41) is 2.80. The minimum Gasteiger partial charge on any atom is -0.380 e. The maximum atomic E-state index is 11.0. The first-order chi connectivity index (χ1) is 6.31. The van der Waals surface area contributed by atoms with E-state index in [2.05, 4.69) is 12.2 Å². The van der Waals surface area contributed by atoms with Gasteiger partial charge in [0.15, 0.2) is 0 Å². The zero-order chi connectivity index (χ0) is 9.94. The smallest absolute Gasteiger partial charge is 0.220 e. The SMILES string of the molecule is CCCCOCCNC(=O)CCC. The Morgan fingerprint density at radius 2 is 2.00 bits per heavy atom. The van der Waals surface area contributed by atoms with Gasteiger partial charge in [0.1, 0.15) is 0 Å². The van der Waals surface area contributed by atoms with E-state index in [1.807, 2.05) is 6.92 Å². The molecule has 13 heavy (non-hydrogen) atoms. The number of amides is 1. The van der Waals surface area contributed by atoms with Crippen LogP contribution in [-0.4, -0.2) is 25.7 Å². The van der Waals surface area contributed by atoms with Gasteiger partial charge in [-0.2, -0.15) is 0 Å². The highest BCUT2D eigenvalue weighted by molar-refractivity contribution is 5.75. The average molecular weight is 187 g/mol. The summed E-state index contributed by atoms with van der Waals surface area (Å²) >= 11 is 0. The number of nitrogens with one attached hydrogen (secondary N) is 1. The highest BCUT2D eigenvalue weighted by Gasteiger charge is 1.96. The van der Waals surface area contributed by atoms with E-state index >= 15 is 0 Å². The lowest BCUT2D eigenvalue weighted by atomic mass is 10.3. The topological polar surface area (TPSA) is 38.3 Å². The highest BCUT2D eigenvalue weighted by Crippen LogP contribution is 1.87. The molecule has 1 N–H and O–H groups in total. The van der Waals surface area contributed by atoms with E-state index in [0.29, 0.717) is 19.6 Å². The molecule has 0 atom stereocenters. The van der Waals surface area contributed by atoms with Crippen LogP contribution in [0, 0.1) is 0 Å². The number of carbonyl (C=O) groups is 1. The van der Waals surface area contributed by atoms with Crippen molar-refractivity contribution >= 4 is 5.91 Å². The monoisotopic (exact) mass is 187 g/mol. The number of rotatable bonds is 8. The quantitative estimate of drug-likeness (QED) is 0.588. The minimum atomic E-state index is 0.126. The molecule has 0 aliphatic heterocycles. The first-order valence-corrected chi connectivity index (χ1v) is 5.15. The Bertz CT molecular complexity index is 126. The van der Waals surface area contributed by atoms with Crippen LogP contribution in [0.5, 0.6) is 0 Å². The zero-order valence-corrected chi connectivity index (χ0v) is 8.77. The van der Waals surface area contributed by atoms with Crippen LogP contribution in [0.3, 0.4) is 0 Å². The Hall–Kier alpha value is -0.570. The van der Waals surface area contributed by atoms with E-state index < -0.39 is 0 Å². The normalized spacial score (nSPS) is 10.0. The molecule has 0 spiro atoms. The Labute approximate surface area is 80.8 Å². The van der Waals surface area contributed by atoms with Crippen molar-refractivity contribution in [2.45, 2.75) is 39.5 Å². The molecule has 0 aromatic heterocycles. The second kappa shape index (κ2) is 9.52. The van der Waals surface area contributed by atoms with Gasteiger partial charge >= 0.3 is 0 Å². The Kier molecular flexibility index (Phi) is 9.10. The lowest BCUT2D eigenvalue weighted by Gasteiger charge is -2.04. The van der Waals surface area contributed by atoms with Crippen LogP contribution in [0.2, 0.25) is 0 Å². The van der Waals surface area contributed by atoms with Crippen molar-refractivity contribution < 1.29 is 9.53 Å². The second-order valence-electron chi connectivity index (χ2n) is 3.07. The summed E-state index contributed by atoms with van der Waals surface area (Å²) in [5.41, 5.74) is 0. The second-order valence-corrected chi connectivity index (χ2v) is 3.07. The molecule has 0 fully saturated rings. The van der Waals surface area contributed by atoms with E-state index in [1.54, 1.807) is 0 Å². The minimum absolute atomic E-state index is 0.126. The largest absolute Gasteiger partial charge is 0.380 e. The molecule has 0 rings (SSSR count). The van der Waals surface area contributed by atoms with Gasteiger partial charge in [0, 0.05) is 19.6 Å². The van der Waals surface area contributed by atoms with Crippen LogP contribution in [0.25, 0.3) is 0 Å². The molecule has 0 aliphatic rings. The number of ether oxygens (including phenoxy) is 1. The van der Waals surface area contributed by atoms with E-state index in [1.165, 1.54) is 0 Å². The summed E-state index contributed by atoms with van der Waals surface area (Å²) in [4.78, 5) is 11.0. The molecule has 0 aromatic rings. The number of hydrogen-bond donors (Lipinski definition) is 1. The van der Waals surface area contributed by atoms with Gasteiger partial charge in [-0.25, -0.2) is 0 Å². The predicted octanol–water partition coefficient (Wildman–Crippen LogP) is 1.72. The number of unbranched alkanes of at least 4 members (excludes halogenated alkanes) is 1. The Morgan fingerprint density at radius 1 is 1.23 bits per heavy atom. The van der Waals surface area contributed by atoms with Gasteiger partial charge < -0.3 is 10.1 Å². The van der Waals surface area contributed by atoms with Gasteiger partial charge in [-0.05, 0) is 12.8 Å². The van der Waals surface area contributed by atoms with E-state index in [4.69, 9.17) is 4.74 Å². The lowest BCUT2D eigenvalue weighted by Crippen LogP contribution is -2.26. The van der Waals surface area contributed by atoms with Gasteiger partial charge in [0.2, 0.25) is 5.91 Å². The molecule has 78 valence electrons. The summed E-state index contributed by atoms with van der Waals surface area (Å²) in [5.74, 6) is 0.126. The van der Waals surface area contributed by atoms with Crippen molar-refractivity contribution in [3.63, 3.8) is 0 Å². The summed E-state index contributed by atoms with van der Waals surface area (Å²) in [6, 6.07) is 0. The number of carbonyl (C=O) groups excluding carboxylic acids is 1. The Balaban J connectivity index is 3.02. The summed E-state index contributed by atoms with van der Waals surface area (Å²) in [6.45, 7) is 6.21. The highest BCUT2D eigenvalue weighted by atomic mass is 16.5. The van der Waals surface area contributed by atoms with Crippen molar-refractivity contribution in [3.05, 3.63) is 0 Å². The molecule has 0 heterocycles. The van der Waals surface area contributed by atoms with Gasteiger partial charge in [-0.1, -0.05) is 20.3 Å². The van der Waals surface area contributed by atoms with Crippen LogP contribution in [-0.2, 0) is 9.53 Å². The van der Waals surface area contributed by atoms with Crippen molar-refractivity contribution in [1.82, 2.24) is 5.32 Å². The maximum absolute atomic E-state index is 11.0. The molecule has 1 amide bonds. The average Bonchev–Trinajstić information content (AvgIpc) is 2.11. The molecule has 3 heteroatoms. The Morgan fingerprint density at radius 3 is 2.62 bits per heavy atom. The van der Waals surface area contributed by atoms with E-state index in [0.717, 1.165) is 25.9 Å². The summed E-state index contributed by atoms with van der Waals surface area (Å²) < 4.78 is 5.29. The van der Waals surface area contributed by atoms with E-state index in [-0.39, 0.29) is 5.91 Å². The molecule has 0 saturated carbocycles. The molecule has 0 bridgehead atoms. The van der Waals surface area contributed by atoms with Gasteiger partial charge in [-0.15, -0.1) is 0 Å². The fourth-order valence-corrected chi connectivity index (χ4v) is 0.927. The van der Waals surface area contributed by atoms with Gasteiger partial charge in [-0.3, -0.25) is 4.79 Å². The first-order valence-electron chi connectivity index (χ1n) is 5.15. The summed E-state index contributed by atoms with van der Waals surface area (Å²) in [6.07, 6.45) is 3.78. The van der Waals surface area contributed by atoms with Gasteiger partial charge in [0.05, 0.1) is 6.61 Å². The molecule has 0 saturated heterocycles. The molecule has 0 aliphatic carbocycles. The van der Waals surface area contributed by atoms with Crippen LogP contribution < -0.4 is 5.32 Å². The van der Waals surface area contributed by atoms with Crippen LogP contribution in [0.1, 0.15) is 39.5 Å². The van der Waals surface area contributed by atoms with Crippen LogP contribution in [0.15, 0.2) is 0 Å². The van der Waals surface area contributed by atoms with Crippen molar-refractivity contribution in [1.29, 1.82) is 0 Å². The van der Waals surface area contributed by atoms with Crippen LogP contribution >= 0.6 is 0 Å². The van der Waals surface area contributed by atoms with E-state index in [9.17, 15) is 4.79 Å². The third-order valence-corrected chi connectivity index (χ3v) is 1.69. The molecule has 0 radical (unpaired) electrons.